The summed E-state index contributed by atoms with van der Waals surface area (Å²) in [4.78, 5) is 13.0. The van der Waals surface area contributed by atoms with Gasteiger partial charge in [0.1, 0.15) is 0 Å². The molecular formula is C15H21BrN2O2. The average molecular weight is 341 g/mol. The molecule has 110 valence electrons. The summed E-state index contributed by atoms with van der Waals surface area (Å²) in [6, 6.07) is 5.79. The van der Waals surface area contributed by atoms with Crippen molar-refractivity contribution >= 4 is 27.3 Å². The van der Waals surface area contributed by atoms with Crippen LogP contribution in [-0.2, 0) is 5.33 Å². The Bertz CT molecular complexity index is 479. The summed E-state index contributed by atoms with van der Waals surface area (Å²) < 4.78 is 0. The van der Waals surface area contributed by atoms with Crippen LogP contribution < -0.4 is 4.90 Å². The van der Waals surface area contributed by atoms with Gasteiger partial charge in [-0.15, -0.1) is 0 Å². The highest BCUT2D eigenvalue weighted by Crippen LogP contribution is 2.32. The maximum atomic E-state index is 10.9. The van der Waals surface area contributed by atoms with Crippen molar-refractivity contribution in [3.05, 3.63) is 33.9 Å². The highest BCUT2D eigenvalue weighted by molar-refractivity contribution is 9.08. The third-order valence-electron chi connectivity index (χ3n) is 4.08. The standard InChI is InChI=1S/C15H21BrN2O2/c1-2-13-6-4-3-5-9-17(13)15-8-7-14(18(19)20)10-12(15)11-16/h7-8,10,13H,2-6,9,11H2,1H3. The van der Waals surface area contributed by atoms with Crippen LogP contribution >= 0.6 is 15.9 Å². The summed E-state index contributed by atoms with van der Waals surface area (Å²) in [5.74, 6) is 0. The van der Waals surface area contributed by atoms with Crippen LogP contribution in [0.25, 0.3) is 0 Å². The fraction of sp³-hybridized carbons (Fsp3) is 0.600. The van der Waals surface area contributed by atoms with Gasteiger partial charge in [-0.05, 0) is 30.9 Å². The molecule has 1 atom stereocenters. The minimum absolute atomic E-state index is 0.172. The quantitative estimate of drug-likeness (QED) is 0.455. The Labute approximate surface area is 128 Å². The molecule has 0 bridgehead atoms. The second-order valence-electron chi connectivity index (χ2n) is 5.31. The molecule has 0 spiro atoms. The van der Waals surface area contributed by atoms with E-state index in [2.05, 4.69) is 27.8 Å². The lowest BCUT2D eigenvalue weighted by molar-refractivity contribution is -0.384. The van der Waals surface area contributed by atoms with E-state index in [0.717, 1.165) is 24.2 Å². The molecule has 5 heteroatoms. The molecule has 20 heavy (non-hydrogen) atoms. The summed E-state index contributed by atoms with van der Waals surface area (Å²) in [6.45, 7) is 3.28. The van der Waals surface area contributed by atoms with Crippen molar-refractivity contribution < 1.29 is 4.92 Å². The Kier molecular flexibility index (Phi) is 5.40. The van der Waals surface area contributed by atoms with E-state index in [1.54, 1.807) is 12.1 Å². The van der Waals surface area contributed by atoms with Crippen molar-refractivity contribution in [2.24, 2.45) is 0 Å². The molecule has 0 saturated carbocycles. The molecule has 0 aliphatic carbocycles. The van der Waals surface area contributed by atoms with Crippen LogP contribution in [0, 0.1) is 10.1 Å². The van der Waals surface area contributed by atoms with Crippen LogP contribution in [0.15, 0.2) is 18.2 Å². The maximum Gasteiger partial charge on any atom is 0.269 e. The zero-order valence-corrected chi connectivity index (χ0v) is 13.4. The van der Waals surface area contributed by atoms with Crippen LogP contribution in [-0.4, -0.2) is 17.5 Å². The van der Waals surface area contributed by atoms with Crippen molar-refractivity contribution in [1.82, 2.24) is 0 Å². The monoisotopic (exact) mass is 340 g/mol. The van der Waals surface area contributed by atoms with Crippen LogP contribution in [0.2, 0.25) is 0 Å². The normalized spacial score (nSPS) is 19.7. The van der Waals surface area contributed by atoms with Crippen LogP contribution in [0.4, 0.5) is 11.4 Å². The van der Waals surface area contributed by atoms with E-state index in [-0.39, 0.29) is 10.6 Å². The second-order valence-corrected chi connectivity index (χ2v) is 5.87. The van der Waals surface area contributed by atoms with Gasteiger partial charge in [0.2, 0.25) is 0 Å². The Hall–Kier alpha value is -1.10. The van der Waals surface area contributed by atoms with Crippen molar-refractivity contribution in [3.63, 3.8) is 0 Å². The molecule has 0 radical (unpaired) electrons. The molecule has 1 unspecified atom stereocenters. The first-order chi connectivity index (χ1) is 9.67. The van der Waals surface area contributed by atoms with E-state index in [0.29, 0.717) is 11.4 Å². The number of nitro benzene ring substituents is 1. The molecular weight excluding hydrogens is 320 g/mol. The third-order valence-corrected chi connectivity index (χ3v) is 4.68. The molecule has 2 rings (SSSR count). The maximum absolute atomic E-state index is 10.9. The molecule has 1 aromatic carbocycles. The van der Waals surface area contributed by atoms with Gasteiger partial charge in [-0.1, -0.05) is 35.7 Å². The van der Waals surface area contributed by atoms with Gasteiger partial charge < -0.3 is 4.90 Å². The fourth-order valence-electron chi connectivity index (χ4n) is 2.99. The molecule has 4 nitrogen and oxygen atoms in total. The number of halogens is 1. The van der Waals surface area contributed by atoms with Gasteiger partial charge in [-0.2, -0.15) is 0 Å². The zero-order chi connectivity index (χ0) is 14.5. The highest BCUT2D eigenvalue weighted by Gasteiger charge is 2.22. The van der Waals surface area contributed by atoms with Gasteiger partial charge in [-0.25, -0.2) is 0 Å². The van der Waals surface area contributed by atoms with Gasteiger partial charge in [0.05, 0.1) is 4.92 Å². The first kappa shape index (κ1) is 15.3. The van der Waals surface area contributed by atoms with Gasteiger partial charge in [0, 0.05) is 35.7 Å². The van der Waals surface area contributed by atoms with Crippen molar-refractivity contribution in [3.8, 4) is 0 Å². The predicted octanol–water partition coefficient (Wildman–Crippen LogP) is 4.65. The first-order valence-electron chi connectivity index (χ1n) is 7.27. The number of nitrogens with zero attached hydrogens (tertiary/aromatic N) is 2. The molecule has 1 heterocycles. The van der Waals surface area contributed by atoms with Gasteiger partial charge in [0.25, 0.3) is 5.69 Å². The zero-order valence-electron chi connectivity index (χ0n) is 11.8. The molecule has 1 saturated heterocycles. The third kappa shape index (κ3) is 3.32. The molecule has 1 aromatic rings. The van der Waals surface area contributed by atoms with E-state index < -0.39 is 0 Å². The number of rotatable bonds is 4. The van der Waals surface area contributed by atoms with E-state index >= 15 is 0 Å². The van der Waals surface area contributed by atoms with Crippen LogP contribution in [0.1, 0.15) is 44.6 Å². The number of anilines is 1. The van der Waals surface area contributed by atoms with Crippen molar-refractivity contribution in [1.29, 1.82) is 0 Å². The number of nitro groups is 1. The Morgan fingerprint density at radius 3 is 2.85 bits per heavy atom. The van der Waals surface area contributed by atoms with Gasteiger partial charge in [0.15, 0.2) is 0 Å². The number of benzene rings is 1. The summed E-state index contributed by atoms with van der Waals surface area (Å²) in [6.07, 6.45) is 6.11. The minimum atomic E-state index is -0.324. The van der Waals surface area contributed by atoms with E-state index in [1.165, 1.54) is 25.7 Å². The minimum Gasteiger partial charge on any atom is -0.368 e. The summed E-state index contributed by atoms with van der Waals surface area (Å²) >= 11 is 3.47. The first-order valence-corrected chi connectivity index (χ1v) is 8.39. The number of alkyl halides is 1. The van der Waals surface area contributed by atoms with Gasteiger partial charge in [-0.3, -0.25) is 10.1 Å². The van der Waals surface area contributed by atoms with E-state index in [1.807, 2.05) is 6.07 Å². The average Bonchev–Trinajstić information content (AvgIpc) is 2.71. The number of hydrogen-bond donors (Lipinski definition) is 0. The molecule has 0 N–H and O–H groups in total. The van der Waals surface area contributed by atoms with E-state index in [9.17, 15) is 10.1 Å². The Balaban J connectivity index is 2.36. The predicted molar refractivity (Wildman–Crippen MR) is 85.6 cm³/mol. The fourth-order valence-corrected chi connectivity index (χ4v) is 3.44. The lowest BCUT2D eigenvalue weighted by Crippen LogP contribution is -2.35. The molecule has 0 aromatic heterocycles. The lowest BCUT2D eigenvalue weighted by atomic mass is 10.1. The smallest absolute Gasteiger partial charge is 0.269 e. The van der Waals surface area contributed by atoms with E-state index in [4.69, 9.17) is 0 Å². The Morgan fingerprint density at radius 2 is 2.20 bits per heavy atom. The summed E-state index contributed by atoms with van der Waals surface area (Å²) in [7, 11) is 0. The topological polar surface area (TPSA) is 46.4 Å². The van der Waals surface area contributed by atoms with Gasteiger partial charge >= 0.3 is 0 Å². The Morgan fingerprint density at radius 1 is 1.40 bits per heavy atom. The second kappa shape index (κ2) is 7.07. The van der Waals surface area contributed by atoms with Crippen LogP contribution in [0.3, 0.4) is 0 Å². The molecule has 1 fully saturated rings. The lowest BCUT2D eigenvalue weighted by Gasteiger charge is -2.33. The highest BCUT2D eigenvalue weighted by atomic mass is 79.9. The summed E-state index contributed by atoms with van der Waals surface area (Å²) in [5, 5.41) is 11.6. The van der Waals surface area contributed by atoms with Crippen molar-refractivity contribution in [2.45, 2.75) is 50.4 Å². The molecule has 1 aliphatic rings. The number of hydrogen-bond acceptors (Lipinski definition) is 3. The molecule has 0 amide bonds. The summed E-state index contributed by atoms with van der Waals surface area (Å²) in [5.41, 5.74) is 2.34. The number of non-ortho nitro benzene ring substituents is 1. The SMILES string of the molecule is CCC1CCCCCN1c1ccc([N+](=O)[O-])cc1CBr. The van der Waals surface area contributed by atoms with Crippen molar-refractivity contribution in [2.75, 3.05) is 11.4 Å². The largest absolute Gasteiger partial charge is 0.368 e. The van der Waals surface area contributed by atoms with Crippen LogP contribution in [0.5, 0.6) is 0 Å². The molecule has 1 aliphatic heterocycles.